The second-order valence-electron chi connectivity index (χ2n) is 9.93. The van der Waals surface area contributed by atoms with Crippen LogP contribution in [0.5, 0.6) is 0 Å². The number of fused-ring (bicyclic) bond motifs is 1. The molecule has 2 N–H and O–H groups in total. The van der Waals surface area contributed by atoms with Gasteiger partial charge in [0.05, 0.1) is 28.2 Å². The van der Waals surface area contributed by atoms with Gasteiger partial charge in [-0.15, -0.1) is 0 Å². The minimum atomic E-state index is -4.56. The number of nitrogens with one attached hydrogen (secondary N) is 2. The van der Waals surface area contributed by atoms with Crippen LogP contribution in [0.15, 0.2) is 55.0 Å². The van der Waals surface area contributed by atoms with E-state index in [4.69, 9.17) is 0 Å². The molecule has 206 valence electrons. The Kier molecular flexibility index (Phi) is 7.61. The first-order chi connectivity index (χ1) is 19.1. The Labute approximate surface area is 229 Å². The van der Waals surface area contributed by atoms with Crippen LogP contribution in [0.1, 0.15) is 38.2 Å². The Balaban J connectivity index is 1.36. The summed E-state index contributed by atoms with van der Waals surface area (Å²) < 4.78 is 56.0. The van der Waals surface area contributed by atoms with Crippen molar-refractivity contribution in [1.82, 2.24) is 19.8 Å². The topological polar surface area (TPSA) is 64.3 Å². The molecule has 0 bridgehead atoms. The lowest BCUT2D eigenvalue weighted by atomic mass is 10.0. The Bertz CT molecular complexity index is 1620. The quantitative estimate of drug-likeness (QED) is 0.263. The predicted molar refractivity (Wildman–Crippen MR) is 145 cm³/mol. The van der Waals surface area contributed by atoms with Gasteiger partial charge in [0.1, 0.15) is 5.82 Å². The molecule has 2 aromatic carbocycles. The predicted octanol–water partition coefficient (Wildman–Crippen LogP) is 5.43. The van der Waals surface area contributed by atoms with E-state index in [1.54, 1.807) is 18.2 Å². The Morgan fingerprint density at radius 3 is 2.55 bits per heavy atom. The lowest BCUT2D eigenvalue weighted by molar-refractivity contribution is -0.138. The smallest absolute Gasteiger partial charge is 0.357 e. The second kappa shape index (κ2) is 11.1. The first-order valence-electron chi connectivity index (χ1n) is 12.7. The maximum absolute atomic E-state index is 14.2. The van der Waals surface area contributed by atoms with Crippen molar-refractivity contribution in [2.75, 3.05) is 38.5 Å². The number of pyridine rings is 1. The van der Waals surface area contributed by atoms with Gasteiger partial charge in [0.25, 0.3) is 5.91 Å². The summed E-state index contributed by atoms with van der Waals surface area (Å²) in [5.41, 5.74) is 1.91. The molecule has 40 heavy (non-hydrogen) atoms. The highest BCUT2D eigenvalue weighted by molar-refractivity contribution is 6.04. The molecule has 5 rings (SSSR count). The summed E-state index contributed by atoms with van der Waals surface area (Å²) in [6, 6.07) is 8.75. The van der Waals surface area contributed by atoms with E-state index in [1.807, 2.05) is 18.9 Å². The maximum Gasteiger partial charge on any atom is 0.416 e. The van der Waals surface area contributed by atoms with Gasteiger partial charge in [-0.1, -0.05) is 24.0 Å². The van der Waals surface area contributed by atoms with Gasteiger partial charge in [0.2, 0.25) is 0 Å². The van der Waals surface area contributed by atoms with Crippen molar-refractivity contribution in [3.8, 4) is 11.8 Å². The number of amides is 1. The molecule has 1 fully saturated rings. The molecule has 0 radical (unpaired) electrons. The molecule has 0 atom stereocenters. The number of piperazine rings is 1. The van der Waals surface area contributed by atoms with Gasteiger partial charge < -0.3 is 15.2 Å². The van der Waals surface area contributed by atoms with E-state index in [0.717, 1.165) is 24.7 Å². The third kappa shape index (κ3) is 6.01. The molecule has 0 saturated carbocycles. The molecule has 0 spiro atoms. The van der Waals surface area contributed by atoms with E-state index in [-0.39, 0.29) is 23.4 Å². The number of aromatic nitrogens is 2. The van der Waals surface area contributed by atoms with Gasteiger partial charge in [0.15, 0.2) is 0 Å². The lowest BCUT2D eigenvalue weighted by Crippen LogP contribution is -2.44. The number of anilines is 1. The van der Waals surface area contributed by atoms with Gasteiger partial charge in [-0.05, 0) is 49.4 Å². The summed E-state index contributed by atoms with van der Waals surface area (Å²) in [5, 5.41) is 2.91. The minimum absolute atomic E-state index is 0.0494. The van der Waals surface area contributed by atoms with E-state index in [1.165, 1.54) is 30.7 Å². The van der Waals surface area contributed by atoms with Crippen molar-refractivity contribution in [1.29, 1.82) is 0 Å². The summed E-state index contributed by atoms with van der Waals surface area (Å²) in [7, 11) is 1.99. The Hall–Kier alpha value is -4.20. The maximum atomic E-state index is 14.2. The lowest BCUT2D eigenvalue weighted by Gasteiger charge is -2.33. The third-order valence-corrected chi connectivity index (χ3v) is 7.03. The van der Waals surface area contributed by atoms with Gasteiger partial charge in [0, 0.05) is 61.9 Å². The number of hydrogen-bond acceptors (Lipinski definition) is 4. The number of aryl methyl sites for hydroxylation is 1. The van der Waals surface area contributed by atoms with Crippen molar-refractivity contribution < 1.29 is 22.4 Å². The molecule has 10 heteroatoms. The van der Waals surface area contributed by atoms with E-state index in [9.17, 15) is 22.4 Å². The number of carbonyl (C=O) groups is 1. The average molecular weight is 550 g/mol. The van der Waals surface area contributed by atoms with Crippen LogP contribution in [0.3, 0.4) is 0 Å². The fourth-order valence-electron chi connectivity index (χ4n) is 4.67. The summed E-state index contributed by atoms with van der Waals surface area (Å²) in [6.07, 6.45) is -0.366. The minimum Gasteiger partial charge on any atom is -0.357 e. The molecular formula is C30H27F4N5O. The molecule has 6 nitrogen and oxygen atoms in total. The van der Waals surface area contributed by atoms with Crippen LogP contribution in [0.2, 0.25) is 0 Å². The summed E-state index contributed by atoms with van der Waals surface area (Å²) >= 11 is 0. The second-order valence-corrected chi connectivity index (χ2v) is 9.93. The van der Waals surface area contributed by atoms with Crippen LogP contribution in [0, 0.1) is 24.6 Å². The van der Waals surface area contributed by atoms with Crippen molar-refractivity contribution in [2.24, 2.45) is 0 Å². The normalized spacial score (nSPS) is 14.7. The molecule has 1 amide bonds. The van der Waals surface area contributed by atoms with Crippen LogP contribution in [-0.2, 0) is 12.7 Å². The summed E-state index contributed by atoms with van der Waals surface area (Å²) in [4.78, 5) is 24.0. The van der Waals surface area contributed by atoms with Crippen LogP contribution in [0.25, 0.3) is 10.9 Å². The van der Waals surface area contributed by atoms with Crippen LogP contribution >= 0.6 is 0 Å². The number of likely N-dealkylation sites (N-methyl/N-ethyl adjacent to an activating group) is 1. The number of nitrogens with zero attached hydrogens (tertiary/aromatic N) is 3. The number of rotatable bonds is 4. The first-order valence-corrected chi connectivity index (χ1v) is 12.7. The molecule has 1 saturated heterocycles. The third-order valence-electron chi connectivity index (χ3n) is 7.03. The highest BCUT2D eigenvalue weighted by Crippen LogP contribution is 2.35. The SMILES string of the molecule is Cc1ccc(C(=O)Nc2ccc(CN3CCN(C)CC3)c(C(F)(F)F)c2)cc1C#Cc1cncc2[nH]cc(F)c12. The molecule has 0 aliphatic carbocycles. The number of hydrogen-bond donors (Lipinski definition) is 2. The molecule has 0 unspecified atom stereocenters. The monoisotopic (exact) mass is 549 g/mol. The Morgan fingerprint density at radius 2 is 1.80 bits per heavy atom. The van der Waals surface area contributed by atoms with Crippen LogP contribution < -0.4 is 5.32 Å². The van der Waals surface area contributed by atoms with Crippen molar-refractivity contribution in [3.05, 3.63) is 94.2 Å². The van der Waals surface area contributed by atoms with E-state index in [0.29, 0.717) is 35.1 Å². The number of H-pyrrole nitrogens is 1. The largest absolute Gasteiger partial charge is 0.416 e. The first kappa shape index (κ1) is 27.4. The molecule has 1 aliphatic heterocycles. The van der Waals surface area contributed by atoms with Gasteiger partial charge >= 0.3 is 6.18 Å². The zero-order valence-corrected chi connectivity index (χ0v) is 22.0. The number of benzene rings is 2. The van der Waals surface area contributed by atoms with Crippen molar-refractivity contribution >= 4 is 22.5 Å². The fourth-order valence-corrected chi connectivity index (χ4v) is 4.67. The zero-order valence-electron chi connectivity index (χ0n) is 22.0. The Morgan fingerprint density at radius 1 is 1.05 bits per heavy atom. The van der Waals surface area contributed by atoms with Crippen molar-refractivity contribution in [3.63, 3.8) is 0 Å². The highest BCUT2D eigenvalue weighted by Gasteiger charge is 2.34. The van der Waals surface area contributed by atoms with Crippen LogP contribution in [0.4, 0.5) is 23.2 Å². The summed E-state index contributed by atoms with van der Waals surface area (Å²) in [6.45, 7) is 4.98. The summed E-state index contributed by atoms with van der Waals surface area (Å²) in [5.74, 6) is 4.88. The van der Waals surface area contributed by atoms with E-state index < -0.39 is 23.5 Å². The fraction of sp³-hybridized carbons (Fsp3) is 0.267. The number of carbonyl (C=O) groups excluding carboxylic acids is 1. The molecule has 3 heterocycles. The van der Waals surface area contributed by atoms with Crippen molar-refractivity contribution in [2.45, 2.75) is 19.6 Å². The highest BCUT2D eigenvalue weighted by atomic mass is 19.4. The molecular weight excluding hydrogens is 522 g/mol. The van der Waals surface area contributed by atoms with Gasteiger partial charge in [-0.25, -0.2) is 4.39 Å². The van der Waals surface area contributed by atoms with Crippen LogP contribution in [-0.4, -0.2) is 58.9 Å². The molecule has 1 aliphatic rings. The zero-order chi connectivity index (χ0) is 28.4. The number of aromatic amines is 1. The van der Waals surface area contributed by atoms with Gasteiger partial charge in [-0.2, -0.15) is 13.2 Å². The number of alkyl halides is 3. The molecule has 2 aromatic heterocycles. The molecule has 4 aromatic rings. The van der Waals surface area contributed by atoms with Gasteiger partial charge in [-0.3, -0.25) is 14.7 Å². The standard InChI is InChI=1S/C30H27F4N5O/c1-19-3-4-21(13-20(19)5-6-22-15-35-17-27-28(22)26(31)16-36-27)29(40)37-24-8-7-23(25(14-24)30(32,33)34)18-39-11-9-38(2)10-12-39/h3-4,7-8,13-17,36H,9-12,18H2,1-2H3,(H,37,40). The number of halogens is 4. The average Bonchev–Trinajstić information content (AvgIpc) is 3.31. The van der Waals surface area contributed by atoms with E-state index >= 15 is 0 Å². The van der Waals surface area contributed by atoms with E-state index in [2.05, 4.69) is 32.0 Å².